The molecule has 1 aromatic rings. The Labute approximate surface area is 94.4 Å². The summed E-state index contributed by atoms with van der Waals surface area (Å²) in [5.74, 6) is 2.24. The van der Waals surface area contributed by atoms with Crippen LogP contribution in [-0.2, 0) is 6.54 Å². The minimum atomic E-state index is -0.138. The fraction of sp³-hybridized carbons (Fsp3) is 0.778. The van der Waals surface area contributed by atoms with Crippen molar-refractivity contribution < 1.29 is 4.52 Å². The molecule has 0 aromatic carbocycles. The topological polar surface area (TPSA) is 68.2 Å². The zero-order valence-electron chi connectivity index (χ0n) is 9.43. The average Bonchev–Trinajstić information content (AvgIpc) is 2.61. The third-order valence-electron chi connectivity index (χ3n) is 1.89. The van der Waals surface area contributed by atoms with Crippen molar-refractivity contribution in [2.24, 2.45) is 5.73 Å². The summed E-state index contributed by atoms with van der Waals surface area (Å²) in [4.78, 5) is 6.24. The fourth-order valence-corrected chi connectivity index (χ4v) is 1.62. The summed E-state index contributed by atoms with van der Waals surface area (Å²) in [5, 5.41) is 3.87. The van der Waals surface area contributed by atoms with E-state index in [4.69, 9.17) is 10.3 Å². The third-order valence-corrected chi connectivity index (χ3v) is 2.54. The second-order valence-corrected chi connectivity index (χ2v) is 4.66. The van der Waals surface area contributed by atoms with Gasteiger partial charge >= 0.3 is 0 Å². The SMILES string of the molecule is CSCCC(N)c1nc(CN(C)C)no1. The molecule has 1 aromatic heterocycles. The minimum absolute atomic E-state index is 0.138. The lowest BCUT2D eigenvalue weighted by molar-refractivity contribution is 0.335. The molecule has 5 nitrogen and oxygen atoms in total. The van der Waals surface area contributed by atoms with Gasteiger partial charge in [-0.05, 0) is 32.5 Å². The molecule has 0 radical (unpaired) electrons. The summed E-state index contributed by atoms with van der Waals surface area (Å²) in [5.41, 5.74) is 5.90. The molecular weight excluding hydrogens is 212 g/mol. The molecule has 0 aliphatic rings. The lowest BCUT2D eigenvalue weighted by Crippen LogP contribution is -2.13. The van der Waals surface area contributed by atoms with Crippen molar-refractivity contribution in [1.29, 1.82) is 0 Å². The molecule has 1 heterocycles. The van der Waals surface area contributed by atoms with Gasteiger partial charge in [-0.1, -0.05) is 5.16 Å². The number of aromatic nitrogens is 2. The Balaban J connectivity index is 2.51. The van der Waals surface area contributed by atoms with Gasteiger partial charge in [-0.3, -0.25) is 0 Å². The average molecular weight is 230 g/mol. The van der Waals surface area contributed by atoms with Crippen LogP contribution in [0.15, 0.2) is 4.52 Å². The van der Waals surface area contributed by atoms with E-state index in [2.05, 4.69) is 16.4 Å². The van der Waals surface area contributed by atoms with Crippen LogP contribution in [0.25, 0.3) is 0 Å². The lowest BCUT2D eigenvalue weighted by atomic mass is 10.2. The van der Waals surface area contributed by atoms with E-state index in [0.717, 1.165) is 12.2 Å². The van der Waals surface area contributed by atoms with E-state index in [9.17, 15) is 0 Å². The highest BCUT2D eigenvalue weighted by Crippen LogP contribution is 2.14. The van der Waals surface area contributed by atoms with Gasteiger partial charge in [0.2, 0.25) is 5.89 Å². The van der Waals surface area contributed by atoms with E-state index in [1.54, 1.807) is 11.8 Å². The molecule has 0 saturated heterocycles. The Morgan fingerprint density at radius 3 is 2.87 bits per heavy atom. The minimum Gasteiger partial charge on any atom is -0.338 e. The van der Waals surface area contributed by atoms with E-state index >= 15 is 0 Å². The van der Waals surface area contributed by atoms with E-state index in [1.807, 2.05) is 19.0 Å². The predicted molar refractivity (Wildman–Crippen MR) is 61.6 cm³/mol. The molecule has 0 aliphatic heterocycles. The van der Waals surface area contributed by atoms with Crippen LogP contribution in [0.1, 0.15) is 24.2 Å². The maximum atomic E-state index is 5.90. The van der Waals surface area contributed by atoms with Crippen LogP contribution < -0.4 is 5.73 Å². The van der Waals surface area contributed by atoms with Crippen LogP contribution in [-0.4, -0.2) is 41.1 Å². The molecule has 0 aliphatic carbocycles. The maximum Gasteiger partial charge on any atom is 0.243 e. The highest BCUT2D eigenvalue weighted by molar-refractivity contribution is 7.98. The van der Waals surface area contributed by atoms with Crippen molar-refractivity contribution in [3.63, 3.8) is 0 Å². The largest absolute Gasteiger partial charge is 0.338 e. The van der Waals surface area contributed by atoms with Gasteiger partial charge in [-0.25, -0.2) is 0 Å². The Bertz CT molecular complexity index is 289. The van der Waals surface area contributed by atoms with Crippen LogP contribution in [0.5, 0.6) is 0 Å². The van der Waals surface area contributed by atoms with Gasteiger partial charge in [-0.15, -0.1) is 0 Å². The van der Waals surface area contributed by atoms with Gasteiger partial charge in [-0.2, -0.15) is 16.7 Å². The van der Waals surface area contributed by atoms with Crippen molar-refractivity contribution in [3.8, 4) is 0 Å². The zero-order chi connectivity index (χ0) is 11.3. The summed E-state index contributed by atoms with van der Waals surface area (Å²) in [6.45, 7) is 0.679. The first-order valence-corrected chi connectivity index (χ1v) is 6.24. The molecule has 0 spiro atoms. The van der Waals surface area contributed by atoms with Gasteiger partial charge in [0.1, 0.15) is 0 Å². The number of rotatable bonds is 6. The van der Waals surface area contributed by atoms with E-state index in [-0.39, 0.29) is 6.04 Å². The van der Waals surface area contributed by atoms with Gasteiger partial charge in [0.05, 0.1) is 12.6 Å². The molecule has 6 heteroatoms. The van der Waals surface area contributed by atoms with Crippen molar-refractivity contribution >= 4 is 11.8 Å². The number of hydrogen-bond acceptors (Lipinski definition) is 6. The van der Waals surface area contributed by atoms with Gasteiger partial charge < -0.3 is 15.2 Å². The molecule has 1 rings (SSSR count). The van der Waals surface area contributed by atoms with E-state index in [0.29, 0.717) is 18.3 Å². The zero-order valence-corrected chi connectivity index (χ0v) is 10.3. The van der Waals surface area contributed by atoms with Crippen molar-refractivity contribution in [2.75, 3.05) is 26.1 Å². The van der Waals surface area contributed by atoms with Crippen LogP contribution in [0.3, 0.4) is 0 Å². The van der Waals surface area contributed by atoms with Crippen molar-refractivity contribution in [1.82, 2.24) is 15.0 Å². The predicted octanol–water partition coefficient (Wildman–Crippen LogP) is 0.884. The van der Waals surface area contributed by atoms with Crippen LogP contribution in [0, 0.1) is 0 Å². The molecule has 1 atom stereocenters. The summed E-state index contributed by atoms with van der Waals surface area (Å²) in [6, 6.07) is -0.138. The number of nitrogens with zero attached hydrogens (tertiary/aromatic N) is 3. The molecule has 15 heavy (non-hydrogen) atoms. The van der Waals surface area contributed by atoms with Crippen molar-refractivity contribution in [3.05, 3.63) is 11.7 Å². The normalized spacial score (nSPS) is 13.4. The first kappa shape index (κ1) is 12.5. The molecule has 1 unspecified atom stereocenters. The molecule has 0 fully saturated rings. The molecule has 86 valence electrons. The Hall–Kier alpha value is -0.590. The third kappa shape index (κ3) is 4.19. The van der Waals surface area contributed by atoms with Crippen molar-refractivity contribution in [2.45, 2.75) is 19.0 Å². The summed E-state index contributed by atoms with van der Waals surface area (Å²) in [7, 11) is 3.92. The molecule has 0 amide bonds. The fourth-order valence-electron chi connectivity index (χ4n) is 1.13. The Kier molecular flexibility index (Phi) is 5.07. The second kappa shape index (κ2) is 6.09. The Morgan fingerprint density at radius 1 is 1.53 bits per heavy atom. The van der Waals surface area contributed by atoms with Crippen LogP contribution in [0.4, 0.5) is 0 Å². The van der Waals surface area contributed by atoms with Crippen LogP contribution in [0.2, 0.25) is 0 Å². The van der Waals surface area contributed by atoms with Crippen LogP contribution >= 0.6 is 11.8 Å². The maximum absolute atomic E-state index is 5.90. The smallest absolute Gasteiger partial charge is 0.243 e. The molecule has 0 bridgehead atoms. The first-order chi connectivity index (χ1) is 7.13. The number of hydrogen-bond donors (Lipinski definition) is 1. The Morgan fingerprint density at radius 2 is 2.27 bits per heavy atom. The highest BCUT2D eigenvalue weighted by Gasteiger charge is 2.14. The first-order valence-electron chi connectivity index (χ1n) is 4.85. The summed E-state index contributed by atoms with van der Waals surface area (Å²) >= 11 is 1.76. The quantitative estimate of drug-likeness (QED) is 0.782. The second-order valence-electron chi connectivity index (χ2n) is 3.67. The molecule has 2 N–H and O–H groups in total. The van der Waals surface area contributed by atoms with Gasteiger partial charge in [0, 0.05) is 0 Å². The summed E-state index contributed by atoms with van der Waals surface area (Å²) in [6.07, 6.45) is 2.92. The van der Waals surface area contributed by atoms with Gasteiger partial charge in [0.25, 0.3) is 0 Å². The lowest BCUT2D eigenvalue weighted by Gasteiger charge is -2.04. The standard InChI is InChI=1S/C9H18N4OS/c1-13(2)6-8-11-9(14-12-8)7(10)4-5-15-3/h7H,4-6,10H2,1-3H3. The summed E-state index contributed by atoms with van der Waals surface area (Å²) < 4.78 is 5.10. The van der Waals surface area contributed by atoms with E-state index in [1.165, 1.54) is 0 Å². The van der Waals surface area contributed by atoms with E-state index < -0.39 is 0 Å². The van der Waals surface area contributed by atoms with Gasteiger partial charge in [0.15, 0.2) is 5.82 Å². The molecule has 0 saturated carbocycles. The highest BCUT2D eigenvalue weighted by atomic mass is 32.2. The molecular formula is C9H18N4OS. The monoisotopic (exact) mass is 230 g/mol. The number of nitrogens with two attached hydrogens (primary N) is 1. The number of thioether (sulfide) groups is 1.